The highest BCUT2D eigenvalue weighted by Crippen LogP contribution is 2.32. The highest BCUT2D eigenvalue weighted by atomic mass is 32.2. The van der Waals surface area contributed by atoms with Gasteiger partial charge in [0.05, 0.1) is 20.0 Å². The third kappa shape index (κ3) is 5.42. The van der Waals surface area contributed by atoms with Crippen molar-refractivity contribution in [3.8, 4) is 11.5 Å². The maximum Gasteiger partial charge on any atom is 0.232 e. The first-order valence-corrected chi connectivity index (χ1v) is 10.3. The molecule has 0 aliphatic carbocycles. The Balaban J connectivity index is 1.46. The number of methoxy groups -OCH3 is 2. The summed E-state index contributed by atoms with van der Waals surface area (Å²) in [7, 11) is 3.24. The molecule has 0 aromatic heterocycles. The molecule has 0 radical (unpaired) electrons. The summed E-state index contributed by atoms with van der Waals surface area (Å²) in [6, 6.07) is 16.4. The van der Waals surface area contributed by atoms with E-state index in [0.717, 1.165) is 37.2 Å². The Kier molecular flexibility index (Phi) is 7.04. The molecule has 1 amide bonds. The van der Waals surface area contributed by atoms with E-state index < -0.39 is 0 Å². The Hall–Kier alpha value is -2.14. The van der Waals surface area contributed by atoms with Crippen molar-refractivity contribution in [1.29, 1.82) is 0 Å². The standard InChI is InChI=1S/C22H27NO3S/c1-25-20-9-8-19(15-21(20)26-2)27-16-22(24)23-12-10-18(11-13-23)14-17-6-4-3-5-7-17/h3-9,15,18H,10-14,16H2,1-2H3. The molecule has 4 nitrogen and oxygen atoms in total. The molecule has 1 fully saturated rings. The van der Waals surface area contributed by atoms with Crippen LogP contribution >= 0.6 is 11.8 Å². The van der Waals surface area contributed by atoms with Gasteiger partial charge in [-0.15, -0.1) is 11.8 Å². The van der Waals surface area contributed by atoms with E-state index in [0.29, 0.717) is 23.2 Å². The van der Waals surface area contributed by atoms with Gasteiger partial charge in [0, 0.05) is 18.0 Å². The number of benzene rings is 2. The molecule has 2 aromatic carbocycles. The van der Waals surface area contributed by atoms with Gasteiger partial charge in [0.2, 0.25) is 5.91 Å². The number of hydrogen-bond donors (Lipinski definition) is 0. The minimum atomic E-state index is 0.216. The van der Waals surface area contributed by atoms with Gasteiger partial charge in [-0.05, 0) is 48.9 Å². The van der Waals surface area contributed by atoms with Crippen LogP contribution < -0.4 is 9.47 Å². The lowest BCUT2D eigenvalue weighted by Gasteiger charge is -2.32. The lowest BCUT2D eigenvalue weighted by Crippen LogP contribution is -2.39. The largest absolute Gasteiger partial charge is 0.493 e. The van der Waals surface area contributed by atoms with Crippen LogP contribution in [-0.4, -0.2) is 43.9 Å². The van der Waals surface area contributed by atoms with E-state index in [1.54, 1.807) is 26.0 Å². The van der Waals surface area contributed by atoms with Crippen molar-refractivity contribution < 1.29 is 14.3 Å². The van der Waals surface area contributed by atoms with Crippen LogP contribution in [0.25, 0.3) is 0 Å². The van der Waals surface area contributed by atoms with E-state index in [-0.39, 0.29) is 5.91 Å². The molecule has 0 saturated carbocycles. The number of thioether (sulfide) groups is 1. The second-order valence-electron chi connectivity index (χ2n) is 6.82. The average Bonchev–Trinajstić information content (AvgIpc) is 2.73. The molecule has 2 aromatic rings. The van der Waals surface area contributed by atoms with Gasteiger partial charge in [0.15, 0.2) is 11.5 Å². The molecule has 1 heterocycles. The Morgan fingerprint density at radius 3 is 2.41 bits per heavy atom. The molecule has 1 aliphatic heterocycles. The summed E-state index contributed by atoms with van der Waals surface area (Å²) in [6.45, 7) is 1.73. The van der Waals surface area contributed by atoms with Crippen LogP contribution in [0.4, 0.5) is 0 Å². The summed E-state index contributed by atoms with van der Waals surface area (Å²) in [5.74, 6) is 2.74. The van der Waals surface area contributed by atoms with Crippen molar-refractivity contribution in [1.82, 2.24) is 4.90 Å². The predicted octanol–water partition coefficient (Wildman–Crippen LogP) is 4.28. The van der Waals surface area contributed by atoms with Crippen molar-refractivity contribution in [2.75, 3.05) is 33.1 Å². The highest BCUT2D eigenvalue weighted by molar-refractivity contribution is 8.00. The number of carbonyl (C=O) groups excluding carboxylic acids is 1. The number of likely N-dealkylation sites (tertiary alicyclic amines) is 1. The van der Waals surface area contributed by atoms with Crippen molar-refractivity contribution in [3.63, 3.8) is 0 Å². The van der Waals surface area contributed by atoms with Gasteiger partial charge < -0.3 is 14.4 Å². The lowest BCUT2D eigenvalue weighted by molar-refractivity contribution is -0.129. The molecule has 0 unspecified atom stereocenters. The molecule has 0 N–H and O–H groups in total. The van der Waals surface area contributed by atoms with Crippen LogP contribution in [0.5, 0.6) is 11.5 Å². The molecule has 144 valence electrons. The molecule has 0 bridgehead atoms. The highest BCUT2D eigenvalue weighted by Gasteiger charge is 2.23. The van der Waals surface area contributed by atoms with Gasteiger partial charge in [-0.25, -0.2) is 0 Å². The monoisotopic (exact) mass is 385 g/mol. The molecule has 0 atom stereocenters. The zero-order valence-electron chi connectivity index (χ0n) is 16.0. The van der Waals surface area contributed by atoms with Crippen molar-refractivity contribution in [2.24, 2.45) is 5.92 Å². The number of hydrogen-bond acceptors (Lipinski definition) is 4. The first-order valence-electron chi connectivity index (χ1n) is 9.36. The molecule has 3 rings (SSSR count). The summed E-state index contributed by atoms with van der Waals surface area (Å²) >= 11 is 1.55. The SMILES string of the molecule is COc1ccc(SCC(=O)N2CCC(Cc3ccccc3)CC2)cc1OC. The van der Waals surface area contributed by atoms with Crippen LogP contribution in [0.3, 0.4) is 0 Å². The number of nitrogens with zero attached hydrogens (tertiary/aromatic N) is 1. The fourth-order valence-corrected chi connectivity index (χ4v) is 4.30. The Bertz CT molecular complexity index is 742. The quantitative estimate of drug-likeness (QED) is 0.667. The van der Waals surface area contributed by atoms with Crippen LogP contribution in [-0.2, 0) is 11.2 Å². The van der Waals surface area contributed by atoms with E-state index in [2.05, 4.69) is 30.3 Å². The second-order valence-corrected chi connectivity index (χ2v) is 7.87. The minimum absolute atomic E-state index is 0.216. The molecule has 0 spiro atoms. The van der Waals surface area contributed by atoms with Gasteiger partial charge in [-0.2, -0.15) is 0 Å². The second kappa shape index (κ2) is 9.70. The van der Waals surface area contributed by atoms with E-state index in [9.17, 15) is 4.79 Å². The first-order chi connectivity index (χ1) is 13.2. The fraction of sp³-hybridized carbons (Fsp3) is 0.409. The predicted molar refractivity (Wildman–Crippen MR) is 110 cm³/mol. The zero-order valence-corrected chi connectivity index (χ0v) is 16.8. The first kappa shape index (κ1) is 19.6. The molecule has 5 heteroatoms. The number of amides is 1. The maximum absolute atomic E-state index is 12.6. The van der Waals surface area contributed by atoms with Gasteiger partial charge in [-0.3, -0.25) is 4.79 Å². The molecular weight excluding hydrogens is 358 g/mol. The smallest absolute Gasteiger partial charge is 0.232 e. The van der Waals surface area contributed by atoms with Crippen LogP contribution in [0.1, 0.15) is 18.4 Å². The average molecular weight is 386 g/mol. The number of rotatable bonds is 7. The third-order valence-electron chi connectivity index (χ3n) is 5.05. The summed E-state index contributed by atoms with van der Waals surface area (Å²) < 4.78 is 10.6. The minimum Gasteiger partial charge on any atom is -0.493 e. The van der Waals surface area contributed by atoms with Crippen molar-refractivity contribution in [2.45, 2.75) is 24.2 Å². The maximum atomic E-state index is 12.6. The van der Waals surface area contributed by atoms with Gasteiger partial charge in [0.1, 0.15) is 0 Å². The van der Waals surface area contributed by atoms with Crippen molar-refractivity contribution >= 4 is 17.7 Å². The summed E-state index contributed by atoms with van der Waals surface area (Å²) in [5.41, 5.74) is 1.39. The number of piperidine rings is 1. The van der Waals surface area contributed by atoms with E-state index in [1.807, 2.05) is 23.1 Å². The summed E-state index contributed by atoms with van der Waals surface area (Å²) in [5, 5.41) is 0. The zero-order chi connectivity index (χ0) is 19.1. The Morgan fingerprint density at radius 2 is 1.74 bits per heavy atom. The molecule has 1 saturated heterocycles. The Morgan fingerprint density at radius 1 is 1.04 bits per heavy atom. The molecule has 1 aliphatic rings. The molecular formula is C22H27NO3S. The Labute approximate surface area is 165 Å². The van der Waals surface area contributed by atoms with Gasteiger partial charge >= 0.3 is 0 Å². The van der Waals surface area contributed by atoms with E-state index in [1.165, 1.54) is 5.56 Å². The molecule has 27 heavy (non-hydrogen) atoms. The summed E-state index contributed by atoms with van der Waals surface area (Å²) in [4.78, 5) is 15.6. The van der Waals surface area contributed by atoms with Crippen LogP contribution in [0.15, 0.2) is 53.4 Å². The normalized spacial score (nSPS) is 14.8. The van der Waals surface area contributed by atoms with Crippen molar-refractivity contribution in [3.05, 3.63) is 54.1 Å². The van der Waals surface area contributed by atoms with Crippen LogP contribution in [0, 0.1) is 5.92 Å². The number of carbonyl (C=O) groups is 1. The van der Waals surface area contributed by atoms with E-state index >= 15 is 0 Å². The fourth-order valence-electron chi connectivity index (χ4n) is 3.48. The summed E-state index contributed by atoms with van der Waals surface area (Å²) in [6.07, 6.45) is 3.28. The number of ether oxygens (including phenoxy) is 2. The van der Waals surface area contributed by atoms with Gasteiger partial charge in [-0.1, -0.05) is 30.3 Å². The van der Waals surface area contributed by atoms with Crippen LogP contribution in [0.2, 0.25) is 0 Å². The third-order valence-corrected chi connectivity index (χ3v) is 6.03. The topological polar surface area (TPSA) is 38.8 Å². The lowest BCUT2D eigenvalue weighted by atomic mass is 9.90. The van der Waals surface area contributed by atoms with E-state index in [4.69, 9.17) is 9.47 Å². The van der Waals surface area contributed by atoms with Gasteiger partial charge in [0.25, 0.3) is 0 Å².